The van der Waals surface area contributed by atoms with E-state index in [2.05, 4.69) is 12.8 Å². The van der Waals surface area contributed by atoms with E-state index in [9.17, 15) is 24.9 Å². The summed E-state index contributed by atoms with van der Waals surface area (Å²) < 4.78 is 5.79. The first-order valence-electron chi connectivity index (χ1n) is 15.7. The topological polar surface area (TPSA) is 149 Å². The van der Waals surface area contributed by atoms with Gasteiger partial charge >= 0.3 is 217 Å². The molecule has 4 aliphatic rings. The molecule has 0 aliphatic heterocycles. The molecule has 0 saturated heterocycles. The standard InChI is InChI=1S/C33H47BN4O6/c1-37(2)26-19(16-36-15-17-10-8-6-7-9-11-17)14-22(44-5)24-20(26)12-18-13-21-27(38(3)4)29(40)25(32(35)42)30(34)33(21,43)31(41)23(18)28(24)39/h14,17-18,21,27,34,36,40-41,43H,6-13,15-16H2,1-5H3,(H2,35,42)/t18-,21-,27-,33+/m0/s1. The fourth-order valence-corrected chi connectivity index (χ4v) is 8.35. The number of nitrogens with one attached hydrogen (secondary N) is 1. The van der Waals surface area contributed by atoms with Gasteiger partial charge in [0, 0.05) is 0 Å². The monoisotopic (exact) mass is 606 g/mol. The SMILES string of the molecule is B=C1C(C(N)=O)=C(O)[C@@H](N(C)C)[C@@H]2C[C@@H]3Cc4c(c(OC)cc(CNCC5CCCCCC5)c4N(C)C)C(=O)C3=C(O)[C@]12O. The summed E-state index contributed by atoms with van der Waals surface area (Å²) in [5.74, 6) is -2.39. The second kappa shape index (κ2) is 12.3. The molecule has 5 rings (SSSR count). The first kappa shape index (κ1) is 32.3. The van der Waals surface area contributed by atoms with Crippen molar-refractivity contribution in [3.63, 3.8) is 0 Å². The molecule has 11 heteroatoms. The van der Waals surface area contributed by atoms with Crippen LogP contribution in [0, 0.1) is 17.8 Å². The number of primary amides is 1. The fourth-order valence-electron chi connectivity index (χ4n) is 8.35. The number of anilines is 1. The maximum absolute atomic E-state index is 14.4. The summed E-state index contributed by atoms with van der Waals surface area (Å²) in [5, 5.41) is 38.8. The molecule has 0 heterocycles. The van der Waals surface area contributed by atoms with Gasteiger partial charge in [0.25, 0.3) is 0 Å². The van der Waals surface area contributed by atoms with Gasteiger partial charge in [0.1, 0.15) is 0 Å². The first-order valence-corrected chi connectivity index (χ1v) is 15.7. The molecule has 4 atom stereocenters. The van der Waals surface area contributed by atoms with Gasteiger partial charge in [0.05, 0.1) is 0 Å². The van der Waals surface area contributed by atoms with Gasteiger partial charge in [-0.1, -0.05) is 25.7 Å². The van der Waals surface area contributed by atoms with Gasteiger partial charge in [0.2, 0.25) is 0 Å². The van der Waals surface area contributed by atoms with Crippen molar-refractivity contribution in [2.75, 3.05) is 46.7 Å². The van der Waals surface area contributed by atoms with Crippen LogP contribution in [0.15, 0.2) is 28.7 Å². The zero-order valence-corrected chi connectivity index (χ0v) is 26.7. The molecule has 238 valence electrons. The number of aliphatic hydroxyl groups is 3. The Hall–Kier alpha value is -3.15. The zero-order chi connectivity index (χ0) is 32.1. The minimum absolute atomic E-state index is 0.0855. The van der Waals surface area contributed by atoms with Crippen LogP contribution in [-0.2, 0) is 17.8 Å². The van der Waals surface area contributed by atoms with E-state index >= 15 is 0 Å². The van der Waals surface area contributed by atoms with E-state index in [1.165, 1.54) is 45.6 Å². The molecule has 0 radical (unpaired) electrons. The number of carbonyl (C=O) groups excluding carboxylic acids is 2. The van der Waals surface area contributed by atoms with Crippen LogP contribution in [0.1, 0.15) is 66.4 Å². The second-order valence-corrected chi connectivity index (χ2v) is 13.4. The Kier molecular flexibility index (Phi) is 9.04. The Morgan fingerprint density at radius 2 is 1.82 bits per heavy atom. The van der Waals surface area contributed by atoms with Crippen molar-refractivity contribution in [2.24, 2.45) is 23.5 Å². The van der Waals surface area contributed by atoms with Crippen molar-refractivity contribution in [3.8, 4) is 5.75 Å². The Labute approximate surface area is 261 Å². The molecule has 1 aromatic rings. The number of Topliss-reactive ketones (excluding diaryl/α,β-unsaturated/α-hetero) is 1. The molecule has 0 aromatic heterocycles. The van der Waals surface area contributed by atoms with E-state index in [0.717, 1.165) is 23.4 Å². The van der Waals surface area contributed by atoms with Crippen LogP contribution in [0.2, 0.25) is 0 Å². The van der Waals surface area contributed by atoms with Crippen LogP contribution < -0.4 is 20.7 Å². The van der Waals surface area contributed by atoms with Gasteiger partial charge in [-0.3, -0.25) is 0 Å². The summed E-state index contributed by atoms with van der Waals surface area (Å²) in [7, 11) is 12.8. The number of carbonyl (C=O) groups is 2. The maximum atomic E-state index is 14.4. The number of hydrogen-bond donors (Lipinski definition) is 5. The van der Waals surface area contributed by atoms with Crippen LogP contribution >= 0.6 is 0 Å². The third kappa shape index (κ3) is 5.16. The fraction of sp³-hybridized carbons (Fsp3) is 0.606. The minimum atomic E-state index is -2.16. The first-order chi connectivity index (χ1) is 20.8. The average molecular weight is 607 g/mol. The number of likely N-dealkylation sites (N-methyl/N-ethyl adjacent to an activating group) is 1. The summed E-state index contributed by atoms with van der Waals surface area (Å²) >= 11 is 0. The van der Waals surface area contributed by atoms with Gasteiger partial charge in [-0.05, 0) is 18.8 Å². The van der Waals surface area contributed by atoms with Crippen LogP contribution in [0.5, 0.6) is 5.75 Å². The van der Waals surface area contributed by atoms with Crippen molar-refractivity contribution in [1.82, 2.24) is 10.2 Å². The summed E-state index contributed by atoms with van der Waals surface area (Å²) in [5.41, 5.74) is 6.16. The van der Waals surface area contributed by atoms with E-state index < -0.39 is 40.9 Å². The van der Waals surface area contributed by atoms with E-state index in [1.807, 2.05) is 25.1 Å². The molecular weight excluding hydrogens is 559 g/mol. The molecule has 4 aliphatic carbocycles. The predicted octanol–water partition coefficient (Wildman–Crippen LogP) is 2.05. The number of amides is 1. The number of fused-ring (bicyclic) bond motifs is 3. The molecule has 6 N–H and O–H groups in total. The number of nitrogens with zero attached hydrogens (tertiary/aromatic N) is 2. The van der Waals surface area contributed by atoms with Gasteiger partial charge in [-0.2, -0.15) is 0 Å². The van der Waals surface area contributed by atoms with Gasteiger partial charge in [-0.15, -0.1) is 0 Å². The summed E-state index contributed by atoms with van der Waals surface area (Å²) in [4.78, 5) is 30.5. The molecule has 1 amide bonds. The number of nitrogens with two attached hydrogens (primary N) is 1. The molecule has 0 unspecified atom stereocenters. The van der Waals surface area contributed by atoms with Gasteiger partial charge in [-0.25, -0.2) is 0 Å². The second-order valence-electron chi connectivity index (χ2n) is 13.4. The molecule has 0 spiro atoms. The quantitative estimate of drug-likeness (QED) is 0.222. The van der Waals surface area contributed by atoms with E-state index in [1.54, 1.807) is 19.0 Å². The van der Waals surface area contributed by atoms with Crippen LogP contribution in [-0.4, -0.2) is 98.3 Å². The van der Waals surface area contributed by atoms with Gasteiger partial charge in [0.15, 0.2) is 0 Å². The van der Waals surface area contributed by atoms with Crippen LogP contribution in [0.4, 0.5) is 5.69 Å². The van der Waals surface area contributed by atoms with Crippen molar-refractivity contribution in [1.29, 1.82) is 0 Å². The molecule has 0 bridgehead atoms. The van der Waals surface area contributed by atoms with Crippen molar-refractivity contribution >= 4 is 30.3 Å². The average Bonchev–Trinajstić information content (AvgIpc) is 3.22. The number of rotatable bonds is 8. The Bertz CT molecular complexity index is 1430. The third-order valence-corrected chi connectivity index (χ3v) is 10.3. The predicted molar refractivity (Wildman–Crippen MR) is 173 cm³/mol. The van der Waals surface area contributed by atoms with Crippen molar-refractivity contribution < 1.29 is 29.6 Å². The van der Waals surface area contributed by atoms with Gasteiger partial charge < -0.3 is 0 Å². The number of methoxy groups -OCH3 is 1. The number of hydrogen-bond acceptors (Lipinski definition) is 9. The molecular formula is C33H47BN4O6. The molecule has 10 nitrogen and oxygen atoms in total. The molecule has 1 saturated carbocycles. The Balaban J connectivity index is 1.58. The Morgan fingerprint density at radius 3 is 2.39 bits per heavy atom. The van der Waals surface area contributed by atoms with Crippen molar-refractivity contribution in [3.05, 3.63) is 45.4 Å². The van der Waals surface area contributed by atoms with Crippen LogP contribution in [0.3, 0.4) is 0 Å². The van der Waals surface area contributed by atoms with Crippen molar-refractivity contribution in [2.45, 2.75) is 69.6 Å². The number of ketones is 1. The Morgan fingerprint density at radius 1 is 1.16 bits per heavy atom. The van der Waals surface area contributed by atoms with Crippen LogP contribution in [0.25, 0.3) is 0 Å². The summed E-state index contributed by atoms with van der Waals surface area (Å²) in [6, 6.07) is 1.06. The normalized spacial score (nSPS) is 27.5. The molecule has 44 heavy (non-hydrogen) atoms. The number of aliphatic hydroxyl groups excluding tert-OH is 2. The zero-order valence-electron chi connectivity index (χ0n) is 26.7. The van der Waals surface area contributed by atoms with E-state index in [0.29, 0.717) is 30.2 Å². The number of allylic oxidation sites excluding steroid dienone is 1. The molecule has 1 aromatic carbocycles. The summed E-state index contributed by atoms with van der Waals surface area (Å²) in [6.07, 6.45) is 8.37. The molecule has 1 fully saturated rings. The number of ether oxygens (including phenoxy) is 1. The third-order valence-electron chi connectivity index (χ3n) is 10.3. The van der Waals surface area contributed by atoms with E-state index in [4.69, 9.17) is 10.5 Å². The van der Waals surface area contributed by atoms with E-state index in [-0.39, 0.29) is 28.8 Å². The summed E-state index contributed by atoms with van der Waals surface area (Å²) in [6.45, 7) is 1.56. The number of benzene rings is 1.